The van der Waals surface area contributed by atoms with Crippen molar-refractivity contribution in [2.45, 2.75) is 0 Å². The molecule has 0 aliphatic carbocycles. The zero-order chi connectivity index (χ0) is 35.3. The van der Waals surface area contributed by atoms with Gasteiger partial charge in [0.05, 0.1) is 43.8 Å². The third kappa shape index (κ3) is 4.11. The summed E-state index contributed by atoms with van der Waals surface area (Å²) in [6.07, 6.45) is 0. The molecule has 3 aromatic heterocycles. The van der Waals surface area contributed by atoms with Crippen molar-refractivity contribution in [2.75, 3.05) is 0 Å². The van der Waals surface area contributed by atoms with Gasteiger partial charge in [-0.25, -0.2) is 9.97 Å². The van der Waals surface area contributed by atoms with Crippen LogP contribution in [0.15, 0.2) is 176 Å². The van der Waals surface area contributed by atoms with Crippen LogP contribution in [0.2, 0.25) is 0 Å². The topological polar surface area (TPSA) is 30.7 Å². The fraction of sp³-hybridized carbons (Fsp3) is 0. The van der Waals surface area contributed by atoms with Crippen LogP contribution in [0.25, 0.3) is 114 Å². The van der Waals surface area contributed by atoms with E-state index in [1.807, 2.05) is 35.6 Å². The standard InChI is InChI=1S/C50H29N3S/c1-2-15-31(16-3-1)47-48(52-40-24-12-11-23-39(40)51-47)37-27-29-41(34-19-7-6-18-33(34)37)53-42-28-26-30-14-4-5-17-32(30)45(42)46-36-21-9-8-20-35(36)44-38-22-10-13-25-43(38)54-50(44)49(46)53/h1-29H. The second-order valence-corrected chi connectivity index (χ2v) is 15.1. The van der Waals surface area contributed by atoms with Crippen LogP contribution in [0, 0.1) is 0 Å². The summed E-state index contributed by atoms with van der Waals surface area (Å²) in [6.45, 7) is 0. The minimum Gasteiger partial charge on any atom is -0.307 e. The molecule has 3 nitrogen and oxygen atoms in total. The molecule has 4 heteroatoms. The van der Waals surface area contributed by atoms with Gasteiger partial charge in [0, 0.05) is 42.8 Å². The first-order valence-corrected chi connectivity index (χ1v) is 19.2. The monoisotopic (exact) mass is 703 g/mol. The minimum absolute atomic E-state index is 0.883. The van der Waals surface area contributed by atoms with E-state index in [1.165, 1.54) is 68.9 Å². The molecule has 0 N–H and O–H groups in total. The van der Waals surface area contributed by atoms with Gasteiger partial charge < -0.3 is 4.57 Å². The van der Waals surface area contributed by atoms with E-state index in [4.69, 9.17) is 9.97 Å². The third-order valence-corrected chi connectivity index (χ3v) is 12.3. The number of rotatable bonds is 3. The van der Waals surface area contributed by atoms with Crippen LogP contribution in [0.4, 0.5) is 0 Å². The Bertz CT molecular complexity index is 3500. The highest BCUT2D eigenvalue weighted by Crippen LogP contribution is 2.50. The van der Waals surface area contributed by atoms with Gasteiger partial charge in [-0.2, -0.15) is 0 Å². The number of benzene rings is 9. The van der Waals surface area contributed by atoms with Gasteiger partial charge in [0.25, 0.3) is 0 Å². The Labute approximate surface area is 314 Å². The highest BCUT2D eigenvalue weighted by Gasteiger charge is 2.25. The van der Waals surface area contributed by atoms with E-state index in [-0.39, 0.29) is 0 Å². The van der Waals surface area contributed by atoms with Gasteiger partial charge in [0.2, 0.25) is 0 Å². The predicted molar refractivity (Wildman–Crippen MR) is 230 cm³/mol. The van der Waals surface area contributed by atoms with Crippen LogP contribution in [-0.2, 0) is 0 Å². The van der Waals surface area contributed by atoms with Gasteiger partial charge in [-0.15, -0.1) is 11.3 Å². The van der Waals surface area contributed by atoms with Crippen LogP contribution in [0.3, 0.4) is 0 Å². The van der Waals surface area contributed by atoms with Crippen molar-refractivity contribution in [3.63, 3.8) is 0 Å². The quantitative estimate of drug-likeness (QED) is 0.183. The maximum atomic E-state index is 5.33. The van der Waals surface area contributed by atoms with Crippen molar-refractivity contribution in [3.8, 4) is 28.2 Å². The Balaban J connectivity index is 1.26. The summed E-state index contributed by atoms with van der Waals surface area (Å²) in [6, 6.07) is 63.3. The van der Waals surface area contributed by atoms with Crippen LogP contribution in [0.1, 0.15) is 0 Å². The molecule has 0 unspecified atom stereocenters. The highest BCUT2D eigenvalue weighted by molar-refractivity contribution is 7.27. The number of hydrogen-bond donors (Lipinski definition) is 0. The third-order valence-electron chi connectivity index (χ3n) is 11.1. The Kier molecular flexibility index (Phi) is 6.21. The van der Waals surface area contributed by atoms with Crippen LogP contribution < -0.4 is 0 Å². The minimum atomic E-state index is 0.883. The lowest BCUT2D eigenvalue weighted by Crippen LogP contribution is -1.99. The van der Waals surface area contributed by atoms with Crippen molar-refractivity contribution in [3.05, 3.63) is 176 Å². The SMILES string of the molecule is c1ccc(-c2nc3ccccc3nc2-c2ccc(-n3c4ccc5ccccc5c4c4c5ccccc5c5c6ccccc6sc5c43)c3ccccc23)cc1. The van der Waals surface area contributed by atoms with Crippen LogP contribution in [0.5, 0.6) is 0 Å². The molecule has 0 atom stereocenters. The second kappa shape index (κ2) is 11.3. The molecule has 0 radical (unpaired) electrons. The molecule has 250 valence electrons. The number of nitrogens with zero attached hydrogens (tertiary/aromatic N) is 3. The zero-order valence-corrected chi connectivity index (χ0v) is 29.8. The largest absolute Gasteiger partial charge is 0.307 e. The van der Waals surface area contributed by atoms with Crippen molar-refractivity contribution in [1.82, 2.24) is 14.5 Å². The Morgan fingerprint density at radius 1 is 0.407 bits per heavy atom. The molecule has 9 aromatic carbocycles. The van der Waals surface area contributed by atoms with Crippen molar-refractivity contribution in [2.24, 2.45) is 0 Å². The first kappa shape index (κ1) is 29.7. The lowest BCUT2D eigenvalue weighted by atomic mass is 9.96. The number of para-hydroxylation sites is 2. The van der Waals surface area contributed by atoms with E-state index in [1.54, 1.807) is 0 Å². The number of hydrogen-bond acceptors (Lipinski definition) is 3. The molecule has 0 amide bonds. The number of aromatic nitrogens is 3. The molecular formula is C50H29N3S. The van der Waals surface area contributed by atoms with Gasteiger partial charge in [0.15, 0.2) is 0 Å². The summed E-state index contributed by atoms with van der Waals surface area (Å²) >= 11 is 1.90. The van der Waals surface area contributed by atoms with E-state index in [0.29, 0.717) is 0 Å². The summed E-state index contributed by atoms with van der Waals surface area (Å²) in [4.78, 5) is 10.6. The fourth-order valence-electron chi connectivity index (χ4n) is 8.86. The zero-order valence-electron chi connectivity index (χ0n) is 29.0. The molecule has 0 aliphatic heterocycles. The molecule has 0 aliphatic rings. The van der Waals surface area contributed by atoms with E-state index in [9.17, 15) is 0 Å². The first-order valence-electron chi connectivity index (χ1n) is 18.3. The van der Waals surface area contributed by atoms with Gasteiger partial charge in [0.1, 0.15) is 0 Å². The number of thiophene rings is 1. The average molecular weight is 704 g/mol. The van der Waals surface area contributed by atoms with Crippen LogP contribution >= 0.6 is 11.3 Å². The van der Waals surface area contributed by atoms with E-state index in [2.05, 4.69) is 156 Å². The Morgan fingerprint density at radius 2 is 1.02 bits per heavy atom. The summed E-state index contributed by atoms with van der Waals surface area (Å²) in [5.41, 5.74) is 9.25. The highest BCUT2D eigenvalue weighted by atomic mass is 32.1. The lowest BCUT2D eigenvalue weighted by molar-refractivity contribution is 1.21. The summed E-state index contributed by atoms with van der Waals surface area (Å²) in [5.74, 6) is 0. The van der Waals surface area contributed by atoms with E-state index < -0.39 is 0 Å². The molecule has 12 rings (SSSR count). The fourth-order valence-corrected chi connectivity index (χ4v) is 10.1. The van der Waals surface area contributed by atoms with Crippen molar-refractivity contribution < 1.29 is 0 Å². The predicted octanol–water partition coefficient (Wildman–Crippen LogP) is 13.9. The Morgan fingerprint density at radius 3 is 1.81 bits per heavy atom. The number of fused-ring (bicyclic) bond motifs is 14. The summed E-state index contributed by atoms with van der Waals surface area (Å²) in [7, 11) is 0. The smallest absolute Gasteiger partial charge is 0.0979 e. The van der Waals surface area contributed by atoms with E-state index in [0.717, 1.165) is 44.6 Å². The van der Waals surface area contributed by atoms with E-state index >= 15 is 0 Å². The van der Waals surface area contributed by atoms with Gasteiger partial charge in [-0.05, 0) is 63.3 Å². The van der Waals surface area contributed by atoms with Gasteiger partial charge in [-0.1, -0.05) is 140 Å². The summed E-state index contributed by atoms with van der Waals surface area (Å²) in [5, 5.41) is 12.6. The second-order valence-electron chi connectivity index (χ2n) is 14.0. The maximum Gasteiger partial charge on any atom is 0.0979 e. The molecule has 0 spiro atoms. The molecule has 0 saturated carbocycles. The molecule has 54 heavy (non-hydrogen) atoms. The molecule has 0 saturated heterocycles. The Hall–Kier alpha value is -6.88. The normalized spacial score (nSPS) is 12.1. The van der Waals surface area contributed by atoms with Crippen LogP contribution in [-0.4, -0.2) is 14.5 Å². The molecule has 12 aromatic rings. The van der Waals surface area contributed by atoms with Crippen molar-refractivity contribution >= 4 is 96.7 Å². The molecule has 0 fully saturated rings. The van der Waals surface area contributed by atoms with Crippen molar-refractivity contribution in [1.29, 1.82) is 0 Å². The lowest BCUT2D eigenvalue weighted by Gasteiger charge is -2.17. The van der Waals surface area contributed by atoms with Gasteiger partial charge in [-0.3, -0.25) is 0 Å². The molecule has 3 heterocycles. The van der Waals surface area contributed by atoms with Gasteiger partial charge >= 0.3 is 0 Å². The molecule has 0 bridgehead atoms. The maximum absolute atomic E-state index is 5.33. The average Bonchev–Trinajstić information content (AvgIpc) is 3.80. The molecular weight excluding hydrogens is 675 g/mol. The first-order chi connectivity index (χ1) is 26.8. The summed E-state index contributed by atoms with van der Waals surface area (Å²) < 4.78 is 5.16.